The van der Waals surface area contributed by atoms with Gasteiger partial charge in [0.1, 0.15) is 5.75 Å². The fourth-order valence-corrected chi connectivity index (χ4v) is 4.83. The van der Waals surface area contributed by atoms with E-state index in [2.05, 4.69) is 53.7 Å². The molecule has 33 heavy (non-hydrogen) atoms. The van der Waals surface area contributed by atoms with Crippen LogP contribution in [0.1, 0.15) is 49.2 Å². The van der Waals surface area contributed by atoms with Crippen molar-refractivity contribution >= 4 is 17.5 Å². The highest BCUT2D eigenvalue weighted by atomic mass is 32.2. The molecule has 3 aromatic rings. The molecule has 0 saturated carbocycles. The number of para-hydroxylation sites is 1. The van der Waals surface area contributed by atoms with Crippen LogP contribution in [0.3, 0.4) is 0 Å². The molecule has 5 nitrogen and oxygen atoms in total. The van der Waals surface area contributed by atoms with Crippen LogP contribution < -0.4 is 14.2 Å². The largest absolute Gasteiger partial charge is 0.494 e. The standard InChI is InChI=1S/C27H28N2O3S/c1-4-30-20-13-9-18(10-14-20)23-17-24-22-7-6-8-25(31-5-2)26(22)32-27(29(24)28-23)19-11-15-21(33-3)16-12-19/h6-16,24,27H,4-5,17H2,1-3H3/t24-,27+/m1/s1. The van der Waals surface area contributed by atoms with Crippen LogP contribution in [0, 0.1) is 0 Å². The van der Waals surface area contributed by atoms with Crippen LogP contribution in [0.25, 0.3) is 0 Å². The Morgan fingerprint density at radius 1 is 0.970 bits per heavy atom. The lowest BCUT2D eigenvalue weighted by molar-refractivity contribution is -0.0212. The molecular weight excluding hydrogens is 432 g/mol. The third-order valence-electron chi connectivity index (χ3n) is 5.98. The molecule has 0 aliphatic carbocycles. The van der Waals surface area contributed by atoms with Gasteiger partial charge in [0.2, 0.25) is 6.23 Å². The topological polar surface area (TPSA) is 43.3 Å². The molecule has 3 aromatic carbocycles. The molecule has 2 heterocycles. The molecule has 0 N–H and O–H groups in total. The maximum Gasteiger partial charge on any atom is 0.214 e. The highest BCUT2D eigenvalue weighted by molar-refractivity contribution is 7.98. The van der Waals surface area contributed by atoms with Crippen molar-refractivity contribution in [2.75, 3.05) is 19.5 Å². The summed E-state index contributed by atoms with van der Waals surface area (Å²) in [5, 5.41) is 7.18. The Morgan fingerprint density at radius 3 is 2.42 bits per heavy atom. The number of rotatable bonds is 7. The number of hydrogen-bond acceptors (Lipinski definition) is 6. The van der Waals surface area contributed by atoms with Crippen LogP contribution in [-0.4, -0.2) is 30.2 Å². The fourth-order valence-electron chi connectivity index (χ4n) is 4.43. The monoisotopic (exact) mass is 460 g/mol. The molecule has 0 fully saturated rings. The van der Waals surface area contributed by atoms with Crippen molar-refractivity contribution in [3.63, 3.8) is 0 Å². The normalized spacial score (nSPS) is 18.8. The predicted octanol–water partition coefficient (Wildman–Crippen LogP) is 6.45. The van der Waals surface area contributed by atoms with Crippen LogP contribution in [0.15, 0.2) is 76.7 Å². The summed E-state index contributed by atoms with van der Waals surface area (Å²) in [6.07, 6.45) is 2.57. The zero-order valence-electron chi connectivity index (χ0n) is 19.2. The number of ether oxygens (including phenoxy) is 3. The Balaban J connectivity index is 1.54. The van der Waals surface area contributed by atoms with Crippen LogP contribution in [0.2, 0.25) is 0 Å². The van der Waals surface area contributed by atoms with Crippen molar-refractivity contribution in [1.29, 1.82) is 0 Å². The van der Waals surface area contributed by atoms with Crippen molar-refractivity contribution in [1.82, 2.24) is 5.01 Å². The average Bonchev–Trinajstić information content (AvgIpc) is 3.31. The summed E-state index contributed by atoms with van der Waals surface area (Å²) in [4.78, 5) is 1.22. The summed E-state index contributed by atoms with van der Waals surface area (Å²) < 4.78 is 18.1. The molecule has 2 aliphatic rings. The first kappa shape index (κ1) is 21.7. The Labute approximate surface area is 199 Å². The minimum absolute atomic E-state index is 0.0842. The Kier molecular flexibility index (Phi) is 6.18. The van der Waals surface area contributed by atoms with E-state index in [-0.39, 0.29) is 12.3 Å². The maximum absolute atomic E-state index is 6.59. The second-order valence-corrected chi connectivity index (χ2v) is 8.83. The lowest BCUT2D eigenvalue weighted by Crippen LogP contribution is -2.33. The third-order valence-corrected chi connectivity index (χ3v) is 6.72. The molecule has 0 aromatic heterocycles. The van der Waals surface area contributed by atoms with Gasteiger partial charge in [-0.2, -0.15) is 5.10 Å². The van der Waals surface area contributed by atoms with E-state index in [1.54, 1.807) is 11.8 Å². The molecule has 2 atom stereocenters. The number of fused-ring (bicyclic) bond motifs is 3. The summed E-state index contributed by atoms with van der Waals surface area (Å²) in [6, 6.07) is 22.9. The van der Waals surface area contributed by atoms with Gasteiger partial charge in [0.05, 0.1) is 25.0 Å². The molecule has 0 saturated heterocycles. The second-order valence-electron chi connectivity index (χ2n) is 7.95. The third kappa shape index (κ3) is 4.15. The van der Waals surface area contributed by atoms with E-state index in [9.17, 15) is 0 Å². The van der Waals surface area contributed by atoms with Gasteiger partial charge in [0.15, 0.2) is 11.5 Å². The van der Waals surface area contributed by atoms with Gasteiger partial charge in [-0.3, -0.25) is 0 Å². The van der Waals surface area contributed by atoms with Crippen LogP contribution in [0.5, 0.6) is 17.2 Å². The Bertz CT molecular complexity index is 1150. The quantitative estimate of drug-likeness (QED) is 0.379. The lowest BCUT2D eigenvalue weighted by Gasteiger charge is -2.38. The molecule has 6 heteroatoms. The SMILES string of the molecule is CCOc1ccc(C2=NN3[C@H](C2)c2cccc(OCC)c2O[C@H]3c2ccc(SC)cc2)cc1. The molecule has 2 aliphatic heterocycles. The minimum atomic E-state index is -0.319. The van der Waals surface area contributed by atoms with Crippen molar-refractivity contribution in [2.24, 2.45) is 5.10 Å². The molecule has 170 valence electrons. The Hall–Kier alpha value is -3.12. The molecule has 0 spiro atoms. The Morgan fingerprint density at radius 2 is 1.73 bits per heavy atom. The molecular formula is C27H28N2O3S. The summed E-state index contributed by atoms with van der Waals surface area (Å²) in [7, 11) is 0. The molecule has 5 rings (SSSR count). The summed E-state index contributed by atoms with van der Waals surface area (Å²) in [6.45, 7) is 5.24. The van der Waals surface area contributed by atoms with E-state index in [1.807, 2.05) is 38.1 Å². The molecule has 0 radical (unpaired) electrons. The van der Waals surface area contributed by atoms with Gasteiger partial charge in [0.25, 0.3) is 0 Å². The number of thioether (sulfide) groups is 1. The maximum atomic E-state index is 6.59. The number of nitrogens with zero attached hydrogens (tertiary/aromatic N) is 2. The zero-order chi connectivity index (χ0) is 22.8. The number of hydrazone groups is 1. The lowest BCUT2D eigenvalue weighted by atomic mass is 9.95. The number of hydrogen-bond donors (Lipinski definition) is 0. The van der Waals surface area contributed by atoms with Gasteiger partial charge >= 0.3 is 0 Å². The first-order valence-corrected chi connectivity index (χ1v) is 12.6. The van der Waals surface area contributed by atoms with E-state index in [0.717, 1.165) is 46.1 Å². The van der Waals surface area contributed by atoms with E-state index in [0.29, 0.717) is 13.2 Å². The van der Waals surface area contributed by atoms with Gasteiger partial charge in [0, 0.05) is 22.4 Å². The van der Waals surface area contributed by atoms with Gasteiger partial charge in [-0.15, -0.1) is 11.8 Å². The van der Waals surface area contributed by atoms with E-state index in [1.165, 1.54) is 4.90 Å². The van der Waals surface area contributed by atoms with Crippen molar-refractivity contribution in [2.45, 2.75) is 37.4 Å². The zero-order valence-corrected chi connectivity index (χ0v) is 20.0. The van der Waals surface area contributed by atoms with Crippen molar-refractivity contribution in [3.8, 4) is 17.2 Å². The van der Waals surface area contributed by atoms with Crippen LogP contribution in [-0.2, 0) is 0 Å². The van der Waals surface area contributed by atoms with Crippen LogP contribution in [0.4, 0.5) is 0 Å². The fraction of sp³-hybridized carbons (Fsp3) is 0.296. The van der Waals surface area contributed by atoms with Crippen molar-refractivity contribution < 1.29 is 14.2 Å². The summed E-state index contributed by atoms with van der Waals surface area (Å²) in [5.41, 5.74) is 4.34. The van der Waals surface area contributed by atoms with E-state index >= 15 is 0 Å². The summed E-state index contributed by atoms with van der Waals surface area (Å²) >= 11 is 1.73. The highest BCUT2D eigenvalue weighted by Gasteiger charge is 2.42. The minimum Gasteiger partial charge on any atom is -0.494 e. The van der Waals surface area contributed by atoms with Gasteiger partial charge < -0.3 is 14.2 Å². The first-order chi connectivity index (χ1) is 16.2. The average molecular weight is 461 g/mol. The van der Waals surface area contributed by atoms with Crippen LogP contribution >= 0.6 is 11.8 Å². The predicted molar refractivity (Wildman–Crippen MR) is 133 cm³/mol. The van der Waals surface area contributed by atoms with Gasteiger partial charge in [-0.25, -0.2) is 5.01 Å². The molecule has 0 unspecified atom stereocenters. The molecule has 0 amide bonds. The van der Waals surface area contributed by atoms with E-state index < -0.39 is 0 Å². The molecule has 0 bridgehead atoms. The van der Waals surface area contributed by atoms with Gasteiger partial charge in [-0.05, 0) is 68.1 Å². The first-order valence-electron chi connectivity index (χ1n) is 11.4. The van der Waals surface area contributed by atoms with E-state index in [4.69, 9.17) is 19.3 Å². The smallest absolute Gasteiger partial charge is 0.214 e. The van der Waals surface area contributed by atoms with Gasteiger partial charge in [-0.1, -0.05) is 24.3 Å². The highest BCUT2D eigenvalue weighted by Crippen LogP contribution is 2.50. The summed E-state index contributed by atoms with van der Waals surface area (Å²) in [5.74, 6) is 2.48. The second kappa shape index (κ2) is 9.40. The number of benzene rings is 3. The van der Waals surface area contributed by atoms with Crippen molar-refractivity contribution in [3.05, 3.63) is 83.4 Å².